The van der Waals surface area contributed by atoms with Gasteiger partial charge in [-0.1, -0.05) is 42.5 Å². The molecule has 142 valence electrons. The van der Waals surface area contributed by atoms with E-state index in [2.05, 4.69) is 10.6 Å². The lowest BCUT2D eigenvalue weighted by Crippen LogP contribution is -2.50. The number of amides is 2. The number of halogens is 1. The van der Waals surface area contributed by atoms with Crippen molar-refractivity contribution in [3.63, 3.8) is 0 Å². The van der Waals surface area contributed by atoms with Crippen molar-refractivity contribution in [2.24, 2.45) is 0 Å². The lowest BCUT2D eigenvalue weighted by atomic mass is 9.73. The van der Waals surface area contributed by atoms with E-state index in [0.717, 1.165) is 11.1 Å². The van der Waals surface area contributed by atoms with Gasteiger partial charge < -0.3 is 15.4 Å². The van der Waals surface area contributed by atoms with E-state index in [1.165, 1.54) is 12.1 Å². The van der Waals surface area contributed by atoms with Crippen LogP contribution in [-0.2, 0) is 26.3 Å². The highest BCUT2D eigenvalue weighted by Gasteiger charge is 2.41. The summed E-state index contributed by atoms with van der Waals surface area (Å²) in [6.45, 7) is 1.21. The first-order valence-electron chi connectivity index (χ1n) is 9.03. The van der Waals surface area contributed by atoms with Crippen molar-refractivity contribution in [2.75, 3.05) is 19.8 Å². The van der Waals surface area contributed by atoms with E-state index in [1.807, 2.05) is 30.3 Å². The summed E-state index contributed by atoms with van der Waals surface area (Å²) < 4.78 is 18.7. The van der Waals surface area contributed by atoms with Gasteiger partial charge in [0.25, 0.3) is 0 Å². The van der Waals surface area contributed by atoms with Gasteiger partial charge in [-0.2, -0.15) is 0 Å². The molecule has 5 nitrogen and oxygen atoms in total. The minimum atomic E-state index is -0.800. The lowest BCUT2D eigenvalue weighted by Gasteiger charge is -2.36. The molecule has 1 aliphatic heterocycles. The van der Waals surface area contributed by atoms with Crippen LogP contribution in [0.1, 0.15) is 24.0 Å². The molecule has 1 heterocycles. The Kier molecular flexibility index (Phi) is 6.19. The van der Waals surface area contributed by atoms with Crippen molar-refractivity contribution in [1.82, 2.24) is 10.6 Å². The Morgan fingerprint density at radius 2 is 1.63 bits per heavy atom. The molecule has 1 fully saturated rings. The smallest absolute Gasteiger partial charge is 0.239 e. The minimum absolute atomic E-state index is 0.102. The van der Waals surface area contributed by atoms with Crippen LogP contribution in [0, 0.1) is 5.82 Å². The first-order valence-corrected chi connectivity index (χ1v) is 9.03. The van der Waals surface area contributed by atoms with Crippen LogP contribution in [-0.4, -0.2) is 31.6 Å². The van der Waals surface area contributed by atoms with Crippen LogP contribution in [0.5, 0.6) is 0 Å². The molecule has 0 aliphatic carbocycles. The largest absolute Gasteiger partial charge is 0.381 e. The standard InChI is InChI=1S/C21H23FN2O3/c22-18-8-6-17(7-9-18)21(10-12-27-13-11-21)20(26)24-15-19(25)23-14-16-4-2-1-3-5-16/h1-9H,10-15H2,(H,23,25)(H,24,26). The quantitative estimate of drug-likeness (QED) is 0.820. The molecule has 6 heteroatoms. The van der Waals surface area contributed by atoms with Crippen LogP contribution in [0.4, 0.5) is 4.39 Å². The van der Waals surface area contributed by atoms with Crippen molar-refractivity contribution in [3.8, 4) is 0 Å². The molecule has 0 unspecified atom stereocenters. The van der Waals surface area contributed by atoms with E-state index in [4.69, 9.17) is 4.74 Å². The van der Waals surface area contributed by atoms with Crippen molar-refractivity contribution in [3.05, 3.63) is 71.5 Å². The zero-order valence-corrected chi connectivity index (χ0v) is 15.0. The molecule has 27 heavy (non-hydrogen) atoms. The fraction of sp³-hybridized carbons (Fsp3) is 0.333. The van der Waals surface area contributed by atoms with Crippen LogP contribution in [0.25, 0.3) is 0 Å². The summed E-state index contributed by atoms with van der Waals surface area (Å²) in [6, 6.07) is 15.5. The Bertz CT molecular complexity index is 772. The molecule has 2 aromatic carbocycles. The third kappa shape index (κ3) is 4.71. The van der Waals surface area contributed by atoms with Gasteiger partial charge in [-0.3, -0.25) is 9.59 Å². The minimum Gasteiger partial charge on any atom is -0.381 e. The van der Waals surface area contributed by atoms with Gasteiger partial charge in [-0.25, -0.2) is 4.39 Å². The SMILES string of the molecule is O=C(CNC(=O)C1(c2ccc(F)cc2)CCOCC1)NCc1ccccc1. The maximum atomic E-state index is 13.3. The number of rotatable bonds is 6. The van der Waals surface area contributed by atoms with Crippen LogP contribution < -0.4 is 10.6 Å². The van der Waals surface area contributed by atoms with Crippen LogP contribution >= 0.6 is 0 Å². The van der Waals surface area contributed by atoms with E-state index in [-0.39, 0.29) is 24.2 Å². The molecule has 2 amide bonds. The number of benzene rings is 2. The number of hydrogen-bond donors (Lipinski definition) is 2. The van der Waals surface area contributed by atoms with Gasteiger partial charge >= 0.3 is 0 Å². The molecule has 0 radical (unpaired) electrons. The predicted molar refractivity (Wildman–Crippen MR) is 99.4 cm³/mol. The number of carbonyl (C=O) groups is 2. The molecular weight excluding hydrogens is 347 g/mol. The van der Waals surface area contributed by atoms with Gasteiger partial charge in [-0.15, -0.1) is 0 Å². The number of ether oxygens (including phenoxy) is 1. The molecule has 0 spiro atoms. The fourth-order valence-corrected chi connectivity index (χ4v) is 3.32. The highest BCUT2D eigenvalue weighted by Crippen LogP contribution is 2.35. The Hall–Kier alpha value is -2.73. The Balaban J connectivity index is 1.61. The van der Waals surface area contributed by atoms with E-state index in [1.54, 1.807) is 12.1 Å². The summed E-state index contributed by atoms with van der Waals surface area (Å²) in [7, 11) is 0. The topological polar surface area (TPSA) is 67.4 Å². The Morgan fingerprint density at radius 1 is 0.963 bits per heavy atom. The second kappa shape index (κ2) is 8.77. The van der Waals surface area contributed by atoms with Gasteiger partial charge in [0.05, 0.1) is 12.0 Å². The van der Waals surface area contributed by atoms with Gasteiger partial charge in [0, 0.05) is 19.8 Å². The van der Waals surface area contributed by atoms with Crippen molar-refractivity contribution in [1.29, 1.82) is 0 Å². The van der Waals surface area contributed by atoms with E-state index >= 15 is 0 Å². The molecule has 0 bridgehead atoms. The second-order valence-corrected chi connectivity index (χ2v) is 6.65. The number of hydrogen-bond acceptors (Lipinski definition) is 3. The van der Waals surface area contributed by atoms with Gasteiger partial charge in [0.1, 0.15) is 5.82 Å². The monoisotopic (exact) mass is 370 g/mol. The summed E-state index contributed by atoms with van der Waals surface area (Å²) in [5.74, 6) is -0.831. The summed E-state index contributed by atoms with van der Waals surface area (Å²) in [5.41, 5.74) is 0.935. The van der Waals surface area contributed by atoms with Crippen LogP contribution in [0.15, 0.2) is 54.6 Å². The second-order valence-electron chi connectivity index (χ2n) is 6.65. The van der Waals surface area contributed by atoms with Crippen molar-refractivity contribution in [2.45, 2.75) is 24.8 Å². The fourth-order valence-electron chi connectivity index (χ4n) is 3.32. The van der Waals surface area contributed by atoms with Gasteiger partial charge in [-0.05, 0) is 36.1 Å². The molecule has 0 atom stereocenters. The predicted octanol–water partition coefficient (Wildman–Crippen LogP) is 2.31. The Labute approximate surface area is 157 Å². The van der Waals surface area contributed by atoms with E-state index in [9.17, 15) is 14.0 Å². The third-order valence-corrected chi connectivity index (χ3v) is 4.92. The molecule has 2 N–H and O–H groups in total. The molecule has 3 rings (SSSR count). The highest BCUT2D eigenvalue weighted by atomic mass is 19.1. The summed E-state index contributed by atoms with van der Waals surface area (Å²) >= 11 is 0. The molecule has 2 aromatic rings. The lowest BCUT2D eigenvalue weighted by molar-refractivity contribution is -0.132. The average Bonchev–Trinajstić information content (AvgIpc) is 2.72. The van der Waals surface area contributed by atoms with E-state index < -0.39 is 5.41 Å². The van der Waals surface area contributed by atoms with E-state index in [0.29, 0.717) is 32.6 Å². The van der Waals surface area contributed by atoms with Crippen molar-refractivity contribution < 1.29 is 18.7 Å². The average molecular weight is 370 g/mol. The number of nitrogens with one attached hydrogen (secondary N) is 2. The highest BCUT2D eigenvalue weighted by molar-refractivity contribution is 5.91. The third-order valence-electron chi connectivity index (χ3n) is 4.92. The molecule has 1 aliphatic rings. The first-order chi connectivity index (χ1) is 13.1. The zero-order chi connectivity index (χ0) is 19.1. The van der Waals surface area contributed by atoms with Gasteiger partial charge in [0.2, 0.25) is 11.8 Å². The molecule has 1 saturated heterocycles. The number of carbonyl (C=O) groups excluding carboxylic acids is 2. The first kappa shape index (κ1) is 19.0. The molecule has 0 aromatic heterocycles. The molecular formula is C21H23FN2O3. The van der Waals surface area contributed by atoms with Crippen LogP contribution in [0.3, 0.4) is 0 Å². The maximum Gasteiger partial charge on any atom is 0.239 e. The maximum absolute atomic E-state index is 13.3. The summed E-state index contributed by atoms with van der Waals surface area (Å²) in [4.78, 5) is 25.0. The van der Waals surface area contributed by atoms with Crippen molar-refractivity contribution >= 4 is 11.8 Å². The van der Waals surface area contributed by atoms with Gasteiger partial charge in [0.15, 0.2) is 0 Å². The summed E-state index contributed by atoms with van der Waals surface area (Å²) in [5, 5.41) is 5.53. The summed E-state index contributed by atoms with van der Waals surface area (Å²) in [6.07, 6.45) is 0.992. The van der Waals surface area contributed by atoms with Crippen LogP contribution in [0.2, 0.25) is 0 Å². The normalized spacial score (nSPS) is 15.7. The molecule has 0 saturated carbocycles. The Morgan fingerprint density at radius 3 is 2.30 bits per heavy atom. The zero-order valence-electron chi connectivity index (χ0n) is 15.0.